The molecule has 0 aliphatic rings. The average molecular weight is 327 g/mol. The van der Waals surface area contributed by atoms with Crippen LogP contribution in [0.3, 0.4) is 0 Å². The summed E-state index contributed by atoms with van der Waals surface area (Å²) in [6.45, 7) is 12.6. The number of methoxy groups -OCH3 is 1. The first-order valence-electron chi connectivity index (χ1n) is 7.73. The number of ether oxygens (including phenoxy) is 3. The van der Waals surface area contributed by atoms with Crippen LogP contribution < -0.4 is 4.74 Å². The Kier molecular flexibility index (Phi) is 13.9. The van der Waals surface area contributed by atoms with E-state index < -0.39 is 11.9 Å². The first-order chi connectivity index (χ1) is 11.0. The van der Waals surface area contributed by atoms with Crippen LogP contribution in [0.4, 0.5) is 0 Å². The summed E-state index contributed by atoms with van der Waals surface area (Å²) in [5, 5.41) is 0. The van der Waals surface area contributed by atoms with Gasteiger partial charge in [0.1, 0.15) is 6.61 Å². The zero-order chi connectivity index (χ0) is 18.4. The van der Waals surface area contributed by atoms with E-state index in [2.05, 4.69) is 4.98 Å². The van der Waals surface area contributed by atoms with Crippen molar-refractivity contribution < 1.29 is 23.8 Å². The van der Waals surface area contributed by atoms with Gasteiger partial charge in [-0.25, -0.2) is 0 Å². The van der Waals surface area contributed by atoms with E-state index in [0.717, 1.165) is 0 Å². The van der Waals surface area contributed by atoms with Gasteiger partial charge in [0.25, 0.3) is 0 Å². The van der Waals surface area contributed by atoms with Crippen LogP contribution in [0.5, 0.6) is 5.75 Å². The van der Waals surface area contributed by atoms with Crippen molar-refractivity contribution in [1.29, 1.82) is 0 Å². The number of rotatable bonds is 5. The van der Waals surface area contributed by atoms with Crippen LogP contribution in [0.2, 0.25) is 0 Å². The lowest BCUT2D eigenvalue weighted by atomic mass is 10.1. The minimum atomic E-state index is -0.455. The highest BCUT2D eigenvalue weighted by molar-refractivity contribution is 5.70. The summed E-state index contributed by atoms with van der Waals surface area (Å²) in [5.74, 6) is -0.543. The minimum absolute atomic E-state index is 0.0139. The molecular weight excluding hydrogens is 298 g/mol. The number of carbonyl (C=O) groups excluding carboxylic acids is 2. The molecule has 0 N–H and O–H groups in total. The molecule has 0 bridgehead atoms. The number of esters is 2. The van der Waals surface area contributed by atoms with Crippen LogP contribution in [-0.4, -0.2) is 24.0 Å². The van der Waals surface area contributed by atoms with Gasteiger partial charge in [-0.2, -0.15) is 0 Å². The van der Waals surface area contributed by atoms with Crippen LogP contribution in [0.15, 0.2) is 6.20 Å². The van der Waals surface area contributed by atoms with Gasteiger partial charge in [-0.15, -0.1) is 0 Å². The molecule has 0 aliphatic carbocycles. The summed E-state index contributed by atoms with van der Waals surface area (Å²) in [5.41, 5.74) is 1.86. The molecule has 0 atom stereocenters. The highest BCUT2D eigenvalue weighted by Gasteiger charge is 2.16. The van der Waals surface area contributed by atoms with Crippen LogP contribution in [0.1, 0.15) is 58.4 Å². The Morgan fingerprint density at radius 2 is 1.61 bits per heavy atom. The number of pyridine rings is 1. The first-order valence-corrected chi connectivity index (χ1v) is 7.73. The third-order valence-electron chi connectivity index (χ3n) is 2.37. The lowest BCUT2D eigenvalue weighted by Crippen LogP contribution is -2.11. The van der Waals surface area contributed by atoms with Gasteiger partial charge in [0, 0.05) is 38.3 Å². The smallest absolute Gasteiger partial charge is 0.308 e. The van der Waals surface area contributed by atoms with E-state index in [1.165, 1.54) is 13.8 Å². The Morgan fingerprint density at radius 1 is 1.04 bits per heavy atom. The maximum absolute atomic E-state index is 11.1. The Labute approximate surface area is 139 Å². The Morgan fingerprint density at radius 3 is 2.04 bits per heavy atom. The van der Waals surface area contributed by atoms with E-state index in [1.807, 2.05) is 27.7 Å². The van der Waals surface area contributed by atoms with E-state index in [9.17, 15) is 9.59 Å². The molecule has 0 aliphatic heterocycles. The lowest BCUT2D eigenvalue weighted by Gasteiger charge is -2.15. The number of hydrogen-bond donors (Lipinski definition) is 0. The molecule has 0 spiro atoms. The van der Waals surface area contributed by atoms with E-state index in [0.29, 0.717) is 22.6 Å². The predicted octanol–water partition coefficient (Wildman–Crippen LogP) is 3.58. The molecule has 0 fully saturated rings. The van der Waals surface area contributed by atoms with Crippen molar-refractivity contribution in [3.63, 3.8) is 0 Å². The zero-order valence-corrected chi connectivity index (χ0v) is 15.5. The second-order valence-corrected chi connectivity index (χ2v) is 3.98. The van der Waals surface area contributed by atoms with Crippen molar-refractivity contribution >= 4 is 11.9 Å². The van der Waals surface area contributed by atoms with Gasteiger partial charge in [0.2, 0.25) is 0 Å². The number of nitrogens with zero attached hydrogens (tertiary/aromatic N) is 1. The van der Waals surface area contributed by atoms with Crippen molar-refractivity contribution in [3.05, 3.63) is 23.0 Å². The van der Waals surface area contributed by atoms with E-state index in [-0.39, 0.29) is 13.2 Å². The van der Waals surface area contributed by atoms with Gasteiger partial charge in [-0.05, 0) is 6.92 Å². The van der Waals surface area contributed by atoms with Crippen LogP contribution in [-0.2, 0) is 32.3 Å². The van der Waals surface area contributed by atoms with Crippen molar-refractivity contribution in [2.75, 3.05) is 7.11 Å². The van der Waals surface area contributed by atoms with Crippen LogP contribution >= 0.6 is 0 Å². The summed E-state index contributed by atoms with van der Waals surface area (Å²) in [7, 11) is 1.54. The standard InChI is InChI=1S/C13H17NO5.2C2H6/c1-8-13(19-10(3)16)12(7-18-9(2)15)11(5-14-8)6-17-4;2*1-2/h5H,6-7H2,1-4H3;2*1-2H3. The fraction of sp³-hybridized carbons (Fsp3) is 0.588. The zero-order valence-electron chi connectivity index (χ0n) is 15.5. The Bertz CT molecular complexity index is 486. The molecule has 132 valence electrons. The maximum atomic E-state index is 11.1. The Balaban J connectivity index is 0. The molecule has 0 amide bonds. The molecule has 0 radical (unpaired) electrons. The number of carbonyl (C=O) groups is 2. The summed E-state index contributed by atoms with van der Waals surface area (Å²) in [6, 6.07) is 0. The molecule has 0 saturated heterocycles. The largest absolute Gasteiger partial charge is 0.461 e. The molecule has 1 aromatic heterocycles. The Hall–Kier alpha value is -1.95. The summed E-state index contributed by atoms with van der Waals surface area (Å²) in [6.07, 6.45) is 1.62. The molecular formula is C17H29NO5. The number of hydrogen-bond acceptors (Lipinski definition) is 6. The third kappa shape index (κ3) is 8.93. The predicted molar refractivity (Wildman–Crippen MR) is 89.2 cm³/mol. The van der Waals surface area contributed by atoms with Crippen molar-refractivity contribution in [3.8, 4) is 5.75 Å². The van der Waals surface area contributed by atoms with Crippen molar-refractivity contribution in [2.45, 2.75) is 61.7 Å². The quantitative estimate of drug-likeness (QED) is 0.770. The van der Waals surface area contributed by atoms with E-state index in [1.54, 1.807) is 20.2 Å². The molecule has 1 heterocycles. The highest BCUT2D eigenvalue weighted by Crippen LogP contribution is 2.27. The van der Waals surface area contributed by atoms with Crippen LogP contribution in [0, 0.1) is 6.92 Å². The molecule has 1 aromatic rings. The van der Waals surface area contributed by atoms with Gasteiger partial charge in [0.05, 0.1) is 12.3 Å². The third-order valence-corrected chi connectivity index (χ3v) is 2.37. The van der Waals surface area contributed by atoms with E-state index in [4.69, 9.17) is 14.2 Å². The van der Waals surface area contributed by atoms with Gasteiger partial charge >= 0.3 is 11.9 Å². The van der Waals surface area contributed by atoms with Crippen molar-refractivity contribution in [1.82, 2.24) is 4.98 Å². The average Bonchev–Trinajstić information content (AvgIpc) is 2.53. The van der Waals surface area contributed by atoms with Gasteiger partial charge in [-0.1, -0.05) is 27.7 Å². The summed E-state index contributed by atoms with van der Waals surface area (Å²) >= 11 is 0. The second-order valence-electron chi connectivity index (χ2n) is 3.98. The minimum Gasteiger partial charge on any atom is -0.461 e. The SMILES string of the molecule is CC.CC.COCc1cnc(C)c(OC(C)=O)c1COC(C)=O. The topological polar surface area (TPSA) is 74.7 Å². The normalized spacial score (nSPS) is 8.87. The van der Waals surface area contributed by atoms with E-state index >= 15 is 0 Å². The molecule has 23 heavy (non-hydrogen) atoms. The summed E-state index contributed by atoms with van der Waals surface area (Å²) in [4.78, 5) is 26.2. The monoisotopic (exact) mass is 327 g/mol. The molecule has 0 saturated carbocycles. The molecule has 6 nitrogen and oxygen atoms in total. The van der Waals surface area contributed by atoms with Gasteiger partial charge in [-0.3, -0.25) is 14.6 Å². The number of aromatic nitrogens is 1. The van der Waals surface area contributed by atoms with Crippen LogP contribution in [0.25, 0.3) is 0 Å². The van der Waals surface area contributed by atoms with Gasteiger partial charge < -0.3 is 14.2 Å². The molecule has 1 rings (SSSR count). The molecule has 0 unspecified atom stereocenters. The highest BCUT2D eigenvalue weighted by atomic mass is 16.5. The lowest BCUT2D eigenvalue weighted by molar-refractivity contribution is -0.142. The number of aryl methyl sites for hydroxylation is 1. The fourth-order valence-electron chi connectivity index (χ4n) is 1.57. The first kappa shape index (κ1) is 23.3. The maximum Gasteiger partial charge on any atom is 0.308 e. The fourth-order valence-corrected chi connectivity index (χ4v) is 1.57. The molecule has 0 aromatic carbocycles. The van der Waals surface area contributed by atoms with Crippen molar-refractivity contribution in [2.24, 2.45) is 0 Å². The molecule has 6 heteroatoms. The second kappa shape index (κ2) is 13.7. The summed E-state index contributed by atoms with van der Waals surface area (Å²) < 4.78 is 15.2. The van der Waals surface area contributed by atoms with Gasteiger partial charge in [0.15, 0.2) is 5.75 Å².